The van der Waals surface area contributed by atoms with Crippen LogP contribution in [0.5, 0.6) is 5.75 Å². The third-order valence-corrected chi connectivity index (χ3v) is 3.93. The normalized spacial score (nSPS) is 13.9. The van der Waals surface area contributed by atoms with Gasteiger partial charge >= 0.3 is 0 Å². The molecule has 1 fully saturated rings. The van der Waals surface area contributed by atoms with E-state index in [2.05, 4.69) is 10.5 Å². The summed E-state index contributed by atoms with van der Waals surface area (Å²) in [7, 11) is 0. The van der Waals surface area contributed by atoms with Gasteiger partial charge in [-0.15, -0.1) is 0 Å². The van der Waals surface area contributed by atoms with Gasteiger partial charge < -0.3 is 14.6 Å². The second-order valence-corrected chi connectivity index (χ2v) is 5.77. The van der Waals surface area contributed by atoms with Crippen LogP contribution < -0.4 is 10.1 Å². The van der Waals surface area contributed by atoms with Gasteiger partial charge in [-0.25, -0.2) is 0 Å². The van der Waals surface area contributed by atoms with Crippen molar-refractivity contribution in [3.8, 4) is 5.75 Å². The lowest BCUT2D eigenvalue weighted by molar-refractivity contribution is 0.0952. The highest BCUT2D eigenvalue weighted by molar-refractivity contribution is 5.94. The molecule has 1 aliphatic carbocycles. The number of hydrogen-bond acceptors (Lipinski definition) is 4. The summed E-state index contributed by atoms with van der Waals surface area (Å²) in [4.78, 5) is 11.9. The van der Waals surface area contributed by atoms with Crippen molar-refractivity contribution in [3.05, 3.63) is 46.8 Å². The van der Waals surface area contributed by atoms with Crippen molar-refractivity contribution < 1.29 is 14.1 Å². The summed E-state index contributed by atoms with van der Waals surface area (Å²) < 4.78 is 10.8. The predicted molar refractivity (Wildman–Crippen MR) is 81.8 cm³/mol. The molecule has 0 bridgehead atoms. The van der Waals surface area contributed by atoms with Crippen LogP contribution in [0.25, 0.3) is 0 Å². The van der Waals surface area contributed by atoms with Gasteiger partial charge in [0.2, 0.25) is 0 Å². The first-order valence-electron chi connectivity index (χ1n) is 7.56. The molecule has 1 N–H and O–H groups in total. The summed E-state index contributed by atoms with van der Waals surface area (Å²) in [5.41, 5.74) is 2.46. The first-order valence-corrected chi connectivity index (χ1v) is 7.56. The Balaban J connectivity index is 1.55. The summed E-state index contributed by atoms with van der Waals surface area (Å²) in [5.74, 6) is 2.15. The number of benzene rings is 1. The average molecular weight is 300 g/mol. The van der Waals surface area contributed by atoms with Crippen LogP contribution in [-0.4, -0.2) is 17.6 Å². The molecule has 0 unspecified atom stereocenters. The molecule has 0 spiro atoms. The minimum absolute atomic E-state index is 0.0239. The van der Waals surface area contributed by atoms with Crippen molar-refractivity contribution in [2.24, 2.45) is 5.92 Å². The van der Waals surface area contributed by atoms with E-state index in [-0.39, 0.29) is 5.91 Å². The van der Waals surface area contributed by atoms with E-state index in [0.29, 0.717) is 18.1 Å². The van der Waals surface area contributed by atoms with E-state index < -0.39 is 0 Å². The molecule has 1 aromatic heterocycles. The van der Waals surface area contributed by atoms with E-state index in [1.807, 2.05) is 26.0 Å². The molecule has 0 aliphatic heterocycles. The van der Waals surface area contributed by atoms with Gasteiger partial charge in [-0.3, -0.25) is 4.79 Å². The van der Waals surface area contributed by atoms with Gasteiger partial charge in [0.25, 0.3) is 5.91 Å². The minimum Gasteiger partial charge on any atom is -0.489 e. The molecule has 0 atom stereocenters. The number of nitrogens with zero attached hydrogens (tertiary/aromatic N) is 1. The molecule has 22 heavy (non-hydrogen) atoms. The molecule has 1 aliphatic rings. The number of hydrogen-bond donors (Lipinski definition) is 1. The standard InChI is InChI=1S/C17H20N2O3/c1-11-16(12(2)22-19-11)10-21-15-7-5-14(6-8-15)17(20)18-9-13-3-4-13/h5-8,13H,3-4,9-10H2,1-2H3,(H,18,20). The van der Waals surface area contributed by atoms with E-state index in [9.17, 15) is 4.79 Å². The Kier molecular flexibility index (Phi) is 4.13. The monoisotopic (exact) mass is 300 g/mol. The summed E-state index contributed by atoms with van der Waals surface area (Å²) in [5, 5.41) is 6.85. The topological polar surface area (TPSA) is 64.4 Å². The van der Waals surface area contributed by atoms with Crippen LogP contribution in [0.2, 0.25) is 0 Å². The Morgan fingerprint density at radius 2 is 2.05 bits per heavy atom. The van der Waals surface area contributed by atoms with Crippen molar-refractivity contribution in [3.63, 3.8) is 0 Å². The first-order chi connectivity index (χ1) is 10.6. The Hall–Kier alpha value is -2.30. The predicted octanol–water partition coefficient (Wildman–Crippen LogP) is 3.01. The second-order valence-electron chi connectivity index (χ2n) is 5.77. The van der Waals surface area contributed by atoms with Crippen LogP contribution >= 0.6 is 0 Å². The number of nitrogens with one attached hydrogen (secondary N) is 1. The Bertz CT molecular complexity index is 638. The van der Waals surface area contributed by atoms with Crippen molar-refractivity contribution in [1.29, 1.82) is 0 Å². The summed E-state index contributed by atoms with van der Waals surface area (Å²) in [6, 6.07) is 7.18. The number of rotatable bonds is 6. The van der Waals surface area contributed by atoms with Crippen LogP contribution in [0.4, 0.5) is 0 Å². The average Bonchev–Trinajstić information content (AvgIpc) is 3.30. The summed E-state index contributed by atoms with van der Waals surface area (Å²) >= 11 is 0. The Morgan fingerprint density at radius 1 is 1.32 bits per heavy atom. The molecular formula is C17H20N2O3. The van der Waals surface area contributed by atoms with E-state index in [0.717, 1.165) is 29.3 Å². The lowest BCUT2D eigenvalue weighted by Crippen LogP contribution is -2.25. The third-order valence-electron chi connectivity index (χ3n) is 3.93. The zero-order valence-electron chi connectivity index (χ0n) is 12.9. The zero-order chi connectivity index (χ0) is 15.5. The maximum absolute atomic E-state index is 11.9. The van der Waals surface area contributed by atoms with E-state index in [1.165, 1.54) is 12.8 Å². The van der Waals surface area contributed by atoms with E-state index >= 15 is 0 Å². The number of carbonyl (C=O) groups is 1. The fraction of sp³-hybridized carbons (Fsp3) is 0.412. The van der Waals surface area contributed by atoms with Gasteiger partial charge in [0.05, 0.1) is 11.3 Å². The number of amides is 1. The Morgan fingerprint density at radius 3 is 2.64 bits per heavy atom. The Labute approximate surface area is 129 Å². The largest absolute Gasteiger partial charge is 0.489 e. The van der Waals surface area contributed by atoms with Crippen LogP contribution in [0.3, 0.4) is 0 Å². The van der Waals surface area contributed by atoms with Crippen molar-refractivity contribution >= 4 is 5.91 Å². The summed E-state index contributed by atoms with van der Waals surface area (Å²) in [6.07, 6.45) is 2.46. The molecule has 5 heteroatoms. The van der Waals surface area contributed by atoms with Gasteiger partial charge in [-0.2, -0.15) is 0 Å². The molecule has 2 aromatic rings. The van der Waals surface area contributed by atoms with Crippen molar-refractivity contribution in [2.75, 3.05) is 6.54 Å². The van der Waals surface area contributed by atoms with E-state index in [4.69, 9.17) is 9.26 Å². The number of aromatic nitrogens is 1. The van der Waals surface area contributed by atoms with Crippen LogP contribution in [0.15, 0.2) is 28.8 Å². The first kappa shape index (κ1) is 14.6. The highest BCUT2D eigenvalue weighted by atomic mass is 16.5. The molecule has 5 nitrogen and oxygen atoms in total. The number of ether oxygens (including phenoxy) is 1. The number of aryl methyl sites for hydroxylation is 2. The molecule has 1 heterocycles. The van der Waals surface area contributed by atoms with Gasteiger partial charge in [0.1, 0.15) is 18.1 Å². The second kappa shape index (κ2) is 6.22. The number of carbonyl (C=O) groups excluding carboxylic acids is 1. The van der Waals surface area contributed by atoms with Crippen molar-refractivity contribution in [2.45, 2.75) is 33.3 Å². The fourth-order valence-electron chi connectivity index (χ4n) is 2.23. The SMILES string of the molecule is Cc1noc(C)c1COc1ccc(C(=O)NCC2CC2)cc1. The van der Waals surface area contributed by atoms with Crippen LogP contribution in [0.1, 0.15) is 40.2 Å². The quantitative estimate of drug-likeness (QED) is 0.890. The molecular weight excluding hydrogens is 280 g/mol. The molecule has 3 rings (SSSR count). The summed E-state index contributed by atoms with van der Waals surface area (Å²) in [6.45, 7) is 4.95. The third kappa shape index (κ3) is 3.47. The van der Waals surface area contributed by atoms with Crippen LogP contribution in [0, 0.1) is 19.8 Å². The minimum atomic E-state index is -0.0239. The molecule has 1 amide bonds. The van der Waals surface area contributed by atoms with Crippen molar-refractivity contribution in [1.82, 2.24) is 10.5 Å². The maximum atomic E-state index is 11.9. The zero-order valence-corrected chi connectivity index (χ0v) is 12.9. The highest BCUT2D eigenvalue weighted by Crippen LogP contribution is 2.27. The van der Waals surface area contributed by atoms with Gasteiger partial charge in [0.15, 0.2) is 0 Å². The van der Waals surface area contributed by atoms with Gasteiger partial charge in [-0.05, 0) is 56.9 Å². The lowest BCUT2D eigenvalue weighted by atomic mass is 10.2. The molecule has 116 valence electrons. The van der Waals surface area contributed by atoms with Gasteiger partial charge in [-0.1, -0.05) is 5.16 Å². The molecule has 0 radical (unpaired) electrons. The molecule has 1 aromatic carbocycles. The lowest BCUT2D eigenvalue weighted by Gasteiger charge is -2.07. The highest BCUT2D eigenvalue weighted by Gasteiger charge is 2.21. The van der Waals surface area contributed by atoms with Gasteiger partial charge in [0, 0.05) is 12.1 Å². The fourth-order valence-corrected chi connectivity index (χ4v) is 2.23. The van der Waals surface area contributed by atoms with E-state index in [1.54, 1.807) is 12.1 Å². The smallest absolute Gasteiger partial charge is 0.251 e. The maximum Gasteiger partial charge on any atom is 0.251 e. The molecule has 1 saturated carbocycles. The molecule has 0 saturated heterocycles. The van der Waals surface area contributed by atoms with Crippen LogP contribution in [-0.2, 0) is 6.61 Å².